The van der Waals surface area contributed by atoms with E-state index in [1.165, 1.54) is 36.5 Å². The molecule has 0 amide bonds. The summed E-state index contributed by atoms with van der Waals surface area (Å²) >= 11 is 3.34. The van der Waals surface area contributed by atoms with Crippen molar-refractivity contribution in [1.82, 2.24) is 9.66 Å². The molecule has 0 aliphatic carbocycles. The molecule has 0 fully saturated rings. The smallest absolute Gasteiger partial charge is 0.335 e. The SMILES string of the molecule is Cc1nc2ccc(Br)cc2c(=O)n1N=Cc1cc([N+](=O)[O-])ccc1OCc1cccc(C(=O)O)c1. The normalized spacial score (nSPS) is 11.1. The van der Waals surface area contributed by atoms with Gasteiger partial charge in [0.2, 0.25) is 0 Å². The molecular formula is C24H17BrN4O6. The summed E-state index contributed by atoms with van der Waals surface area (Å²) in [6, 6.07) is 15.4. The number of carboxylic acid groups (broad SMARTS) is 1. The third-order valence-electron chi connectivity index (χ3n) is 5.05. The van der Waals surface area contributed by atoms with Crippen molar-refractivity contribution < 1.29 is 19.6 Å². The number of halogens is 1. The zero-order valence-corrected chi connectivity index (χ0v) is 19.8. The van der Waals surface area contributed by atoms with E-state index >= 15 is 0 Å². The van der Waals surface area contributed by atoms with Crippen LogP contribution in [0.5, 0.6) is 5.75 Å². The van der Waals surface area contributed by atoms with Crippen LogP contribution in [0.25, 0.3) is 10.9 Å². The van der Waals surface area contributed by atoms with E-state index in [-0.39, 0.29) is 29.2 Å². The van der Waals surface area contributed by atoms with Gasteiger partial charge in [-0.3, -0.25) is 14.9 Å². The summed E-state index contributed by atoms with van der Waals surface area (Å²) in [6.07, 6.45) is 1.29. The predicted octanol–water partition coefficient (Wildman–Crippen LogP) is 4.54. The number of hydrogen-bond donors (Lipinski definition) is 1. The zero-order valence-electron chi connectivity index (χ0n) is 18.2. The highest BCUT2D eigenvalue weighted by Crippen LogP contribution is 2.24. The van der Waals surface area contributed by atoms with Crippen LogP contribution >= 0.6 is 15.9 Å². The van der Waals surface area contributed by atoms with E-state index in [4.69, 9.17) is 9.84 Å². The zero-order chi connectivity index (χ0) is 25.1. The Morgan fingerprint density at radius 2 is 2.03 bits per heavy atom. The van der Waals surface area contributed by atoms with Crippen LogP contribution in [-0.4, -0.2) is 31.9 Å². The van der Waals surface area contributed by atoms with Crippen molar-refractivity contribution in [2.24, 2.45) is 5.10 Å². The third kappa shape index (κ3) is 5.25. The monoisotopic (exact) mass is 536 g/mol. The Labute approximate surface area is 206 Å². The van der Waals surface area contributed by atoms with Crippen LogP contribution < -0.4 is 10.3 Å². The maximum atomic E-state index is 13.0. The lowest BCUT2D eigenvalue weighted by Crippen LogP contribution is -2.20. The van der Waals surface area contributed by atoms with E-state index in [9.17, 15) is 19.7 Å². The molecule has 0 unspecified atom stereocenters. The average Bonchev–Trinajstić information content (AvgIpc) is 2.83. The summed E-state index contributed by atoms with van der Waals surface area (Å²) < 4.78 is 7.63. The standard InChI is InChI=1S/C24H17BrN4O6/c1-14-27-21-7-5-18(25)11-20(21)23(30)28(14)26-12-17-10-19(29(33)34)6-8-22(17)35-13-15-3-2-4-16(9-15)24(31)32/h2-12H,13H2,1H3,(H,31,32). The Bertz CT molecular complexity index is 1560. The number of nitro benzene ring substituents is 1. The Kier molecular flexibility index (Phi) is 6.69. The second kappa shape index (κ2) is 9.85. The fourth-order valence-electron chi connectivity index (χ4n) is 3.35. The van der Waals surface area contributed by atoms with Crippen LogP contribution in [0.2, 0.25) is 0 Å². The molecule has 35 heavy (non-hydrogen) atoms. The number of aromatic carboxylic acids is 1. The van der Waals surface area contributed by atoms with Crippen LogP contribution in [0, 0.1) is 17.0 Å². The second-order valence-electron chi connectivity index (χ2n) is 7.46. The molecule has 0 saturated heterocycles. The summed E-state index contributed by atoms with van der Waals surface area (Å²) in [4.78, 5) is 39.3. The summed E-state index contributed by atoms with van der Waals surface area (Å²) in [6.45, 7) is 1.64. The van der Waals surface area contributed by atoms with Crippen molar-refractivity contribution in [3.05, 3.63) is 108 Å². The van der Waals surface area contributed by atoms with E-state index in [1.54, 1.807) is 37.3 Å². The largest absolute Gasteiger partial charge is 0.488 e. The molecule has 1 aromatic heterocycles. The van der Waals surface area contributed by atoms with E-state index in [0.717, 1.165) is 4.68 Å². The van der Waals surface area contributed by atoms with Crippen molar-refractivity contribution in [2.75, 3.05) is 0 Å². The number of hydrogen-bond acceptors (Lipinski definition) is 7. The maximum Gasteiger partial charge on any atom is 0.335 e. The molecular weight excluding hydrogens is 520 g/mol. The topological polar surface area (TPSA) is 137 Å². The number of carboxylic acids is 1. The number of aromatic nitrogens is 2. The summed E-state index contributed by atoms with van der Waals surface area (Å²) in [5.74, 6) is -0.464. The first-order valence-electron chi connectivity index (χ1n) is 10.2. The minimum Gasteiger partial charge on any atom is -0.488 e. The van der Waals surface area contributed by atoms with E-state index in [1.807, 2.05) is 0 Å². The molecule has 0 radical (unpaired) electrons. The summed E-state index contributed by atoms with van der Waals surface area (Å²) in [5, 5.41) is 25.1. The number of nitro groups is 1. The van der Waals surface area contributed by atoms with Crippen LogP contribution in [-0.2, 0) is 6.61 Å². The second-order valence-corrected chi connectivity index (χ2v) is 8.37. The molecule has 0 spiro atoms. The molecule has 176 valence electrons. The van der Waals surface area contributed by atoms with Gasteiger partial charge in [-0.25, -0.2) is 9.78 Å². The molecule has 0 bridgehead atoms. The van der Waals surface area contributed by atoms with Crippen molar-refractivity contribution >= 4 is 44.7 Å². The van der Waals surface area contributed by atoms with Crippen molar-refractivity contribution in [3.63, 3.8) is 0 Å². The van der Waals surface area contributed by atoms with Crippen LogP contribution in [0.4, 0.5) is 5.69 Å². The Morgan fingerprint density at radius 3 is 2.77 bits per heavy atom. The maximum absolute atomic E-state index is 13.0. The van der Waals surface area contributed by atoms with Gasteiger partial charge < -0.3 is 9.84 Å². The van der Waals surface area contributed by atoms with E-state index < -0.39 is 16.5 Å². The number of rotatable bonds is 7. The number of ether oxygens (including phenoxy) is 1. The molecule has 3 aromatic carbocycles. The third-order valence-corrected chi connectivity index (χ3v) is 5.55. The lowest BCUT2D eigenvalue weighted by molar-refractivity contribution is -0.384. The number of aryl methyl sites for hydroxylation is 1. The van der Waals surface area contributed by atoms with Gasteiger partial charge in [-0.15, -0.1) is 0 Å². The molecule has 1 N–H and O–H groups in total. The molecule has 11 heteroatoms. The minimum atomic E-state index is -1.06. The van der Waals surface area contributed by atoms with Crippen molar-refractivity contribution in [2.45, 2.75) is 13.5 Å². The van der Waals surface area contributed by atoms with Gasteiger partial charge in [-0.2, -0.15) is 9.78 Å². The molecule has 4 rings (SSSR count). The average molecular weight is 537 g/mol. The van der Waals surface area contributed by atoms with Crippen LogP contribution in [0.15, 0.2) is 75.0 Å². The highest BCUT2D eigenvalue weighted by molar-refractivity contribution is 9.10. The molecule has 0 aliphatic heterocycles. The number of nitrogens with zero attached hydrogens (tertiary/aromatic N) is 4. The van der Waals surface area contributed by atoms with Gasteiger partial charge in [0.15, 0.2) is 0 Å². The van der Waals surface area contributed by atoms with Crippen molar-refractivity contribution in [3.8, 4) is 5.75 Å². The van der Waals surface area contributed by atoms with Gasteiger partial charge in [-0.1, -0.05) is 28.1 Å². The van der Waals surface area contributed by atoms with E-state index in [2.05, 4.69) is 26.0 Å². The molecule has 1 heterocycles. The minimum absolute atomic E-state index is 0.0182. The Balaban J connectivity index is 1.70. The number of carbonyl (C=O) groups is 1. The van der Waals surface area contributed by atoms with Crippen LogP contribution in [0.3, 0.4) is 0 Å². The Morgan fingerprint density at radius 1 is 1.23 bits per heavy atom. The lowest BCUT2D eigenvalue weighted by atomic mass is 10.1. The number of benzene rings is 3. The molecule has 4 aromatic rings. The van der Waals surface area contributed by atoms with Gasteiger partial charge in [0.1, 0.15) is 18.2 Å². The molecule has 10 nitrogen and oxygen atoms in total. The first-order valence-corrected chi connectivity index (χ1v) is 11.0. The first kappa shape index (κ1) is 23.8. The van der Waals surface area contributed by atoms with Crippen molar-refractivity contribution in [1.29, 1.82) is 0 Å². The summed E-state index contributed by atoms with van der Waals surface area (Å²) in [5.41, 5.74) is 0.906. The van der Waals surface area contributed by atoms with Gasteiger partial charge >= 0.3 is 5.97 Å². The van der Waals surface area contributed by atoms with Gasteiger partial charge in [0, 0.05) is 22.2 Å². The summed E-state index contributed by atoms with van der Waals surface area (Å²) in [7, 11) is 0. The lowest BCUT2D eigenvalue weighted by Gasteiger charge is -2.10. The Hall–Kier alpha value is -4.38. The van der Waals surface area contributed by atoms with Gasteiger partial charge in [0.25, 0.3) is 11.2 Å². The van der Waals surface area contributed by atoms with Gasteiger partial charge in [0.05, 0.1) is 27.6 Å². The fourth-order valence-corrected chi connectivity index (χ4v) is 3.71. The fraction of sp³-hybridized carbons (Fsp3) is 0.0833. The van der Waals surface area contributed by atoms with Crippen LogP contribution in [0.1, 0.15) is 27.3 Å². The van der Waals surface area contributed by atoms with E-state index in [0.29, 0.717) is 26.8 Å². The molecule has 0 saturated carbocycles. The quantitative estimate of drug-likeness (QED) is 0.208. The highest BCUT2D eigenvalue weighted by Gasteiger charge is 2.13. The highest BCUT2D eigenvalue weighted by atomic mass is 79.9. The molecule has 0 atom stereocenters. The molecule has 0 aliphatic rings. The first-order chi connectivity index (χ1) is 16.7. The number of non-ortho nitro benzene ring substituents is 1. The van der Waals surface area contributed by atoms with Gasteiger partial charge in [-0.05, 0) is 48.9 Å². The predicted molar refractivity (Wildman–Crippen MR) is 132 cm³/mol. The number of fused-ring (bicyclic) bond motifs is 1.